The zero-order chi connectivity index (χ0) is 16.6. The Morgan fingerprint density at radius 3 is 2.52 bits per heavy atom. The summed E-state index contributed by atoms with van der Waals surface area (Å²) in [5.41, 5.74) is 1.26. The molecule has 0 radical (unpaired) electrons. The van der Waals surface area contributed by atoms with Gasteiger partial charge < -0.3 is 15.5 Å². The lowest BCUT2D eigenvalue weighted by atomic mass is 10.1. The van der Waals surface area contributed by atoms with Gasteiger partial charge in [-0.25, -0.2) is 0 Å². The number of hydrogen-bond donors (Lipinski definition) is 2. The molecular weight excluding hydrogens is 423 g/mol. The minimum Gasteiger partial charge on any atom is -0.357 e. The van der Waals surface area contributed by atoms with E-state index in [2.05, 4.69) is 61.5 Å². The third-order valence-electron chi connectivity index (χ3n) is 3.77. The van der Waals surface area contributed by atoms with E-state index in [4.69, 9.17) is 11.6 Å². The van der Waals surface area contributed by atoms with Gasteiger partial charge in [-0.2, -0.15) is 0 Å². The number of likely N-dealkylation sites (N-methyl/N-ethyl adjacent to an activating group) is 1. The fraction of sp³-hybridized carbons (Fsp3) is 0.588. The minimum atomic E-state index is 0. The van der Waals surface area contributed by atoms with E-state index in [0.29, 0.717) is 0 Å². The van der Waals surface area contributed by atoms with Crippen LogP contribution in [0.4, 0.5) is 0 Å². The van der Waals surface area contributed by atoms with Gasteiger partial charge in [0.05, 0.1) is 6.54 Å². The molecule has 1 aromatic carbocycles. The van der Waals surface area contributed by atoms with Gasteiger partial charge in [-0.3, -0.25) is 4.99 Å². The molecule has 0 spiro atoms. The topological polar surface area (TPSA) is 39.7 Å². The average Bonchev–Trinajstić information content (AvgIpc) is 2.44. The maximum Gasteiger partial charge on any atom is 0.191 e. The summed E-state index contributed by atoms with van der Waals surface area (Å²) in [5.74, 6) is 0.861. The first-order chi connectivity index (χ1) is 10.3. The smallest absolute Gasteiger partial charge is 0.191 e. The Bertz CT molecular complexity index is 489. The zero-order valence-electron chi connectivity index (χ0n) is 14.8. The quantitative estimate of drug-likeness (QED) is 0.378. The van der Waals surface area contributed by atoms with Crippen LogP contribution in [0.1, 0.15) is 26.3 Å². The first kappa shape index (κ1) is 22.5. The van der Waals surface area contributed by atoms with E-state index in [1.807, 2.05) is 18.2 Å². The molecule has 0 bridgehead atoms. The summed E-state index contributed by atoms with van der Waals surface area (Å²) in [4.78, 5) is 6.87. The molecule has 0 aliphatic heterocycles. The largest absolute Gasteiger partial charge is 0.357 e. The molecule has 0 aromatic heterocycles. The van der Waals surface area contributed by atoms with Crippen LogP contribution in [0.3, 0.4) is 0 Å². The zero-order valence-corrected chi connectivity index (χ0v) is 17.9. The maximum atomic E-state index is 6.00. The summed E-state index contributed by atoms with van der Waals surface area (Å²) in [6.45, 7) is 8.87. The van der Waals surface area contributed by atoms with E-state index >= 15 is 0 Å². The molecule has 1 aromatic rings. The predicted molar refractivity (Wildman–Crippen MR) is 112 cm³/mol. The van der Waals surface area contributed by atoms with E-state index in [1.165, 1.54) is 5.56 Å². The van der Waals surface area contributed by atoms with Crippen molar-refractivity contribution in [2.75, 3.05) is 33.7 Å². The number of rotatable bonds is 7. The van der Waals surface area contributed by atoms with Crippen LogP contribution in [-0.4, -0.2) is 50.1 Å². The van der Waals surface area contributed by atoms with Gasteiger partial charge in [0, 0.05) is 23.7 Å². The average molecular weight is 453 g/mol. The van der Waals surface area contributed by atoms with Crippen LogP contribution in [0, 0.1) is 0 Å². The molecule has 1 rings (SSSR count). The van der Waals surface area contributed by atoms with Gasteiger partial charge in [0.25, 0.3) is 0 Å². The Hall–Kier alpha value is -0.530. The second kappa shape index (κ2) is 11.1. The van der Waals surface area contributed by atoms with Crippen molar-refractivity contribution < 1.29 is 0 Å². The van der Waals surface area contributed by atoms with Crippen LogP contribution < -0.4 is 10.6 Å². The molecule has 2 N–H and O–H groups in total. The second-order valence-corrected chi connectivity index (χ2v) is 6.65. The highest BCUT2D eigenvalue weighted by molar-refractivity contribution is 14.0. The summed E-state index contributed by atoms with van der Waals surface area (Å²) in [7, 11) is 4.16. The van der Waals surface area contributed by atoms with Gasteiger partial charge >= 0.3 is 0 Å². The lowest BCUT2D eigenvalue weighted by Gasteiger charge is -2.31. The number of aliphatic imine (C=N–C) groups is 1. The lowest BCUT2D eigenvalue weighted by Crippen LogP contribution is -2.44. The van der Waals surface area contributed by atoms with Crippen LogP contribution >= 0.6 is 35.6 Å². The van der Waals surface area contributed by atoms with E-state index in [9.17, 15) is 0 Å². The molecular formula is C17H30ClIN4. The summed E-state index contributed by atoms with van der Waals surface area (Å²) in [6, 6.07) is 7.97. The van der Waals surface area contributed by atoms with Crippen molar-refractivity contribution in [1.82, 2.24) is 15.5 Å². The van der Waals surface area contributed by atoms with Crippen molar-refractivity contribution in [1.29, 1.82) is 0 Å². The monoisotopic (exact) mass is 452 g/mol. The number of guanidine groups is 1. The van der Waals surface area contributed by atoms with Gasteiger partial charge in [-0.15, -0.1) is 24.0 Å². The maximum absolute atomic E-state index is 6.00. The third-order valence-corrected chi connectivity index (χ3v) is 4.01. The Morgan fingerprint density at radius 2 is 1.96 bits per heavy atom. The molecule has 0 saturated heterocycles. The fourth-order valence-corrected chi connectivity index (χ4v) is 1.99. The molecule has 0 heterocycles. The summed E-state index contributed by atoms with van der Waals surface area (Å²) in [5, 5.41) is 7.45. The van der Waals surface area contributed by atoms with Crippen molar-refractivity contribution in [3.8, 4) is 0 Å². The van der Waals surface area contributed by atoms with Crippen molar-refractivity contribution in [3.63, 3.8) is 0 Å². The lowest BCUT2D eigenvalue weighted by molar-refractivity contribution is 0.204. The Balaban J connectivity index is 0.00000484. The first-order valence-corrected chi connectivity index (χ1v) is 8.17. The second-order valence-electron chi connectivity index (χ2n) is 6.21. The third kappa shape index (κ3) is 8.77. The Labute approximate surface area is 163 Å². The SMILES string of the molecule is CCNC(=NCC(C)(C)N(C)C)NCCc1cccc(Cl)c1.I. The van der Waals surface area contributed by atoms with E-state index in [0.717, 1.165) is 37.0 Å². The molecule has 0 saturated carbocycles. The molecule has 6 heteroatoms. The molecule has 0 aliphatic rings. The van der Waals surface area contributed by atoms with Crippen LogP contribution in [0.15, 0.2) is 29.3 Å². The van der Waals surface area contributed by atoms with Crippen molar-refractivity contribution in [2.24, 2.45) is 4.99 Å². The molecule has 132 valence electrons. The summed E-state index contributed by atoms with van der Waals surface area (Å²) < 4.78 is 0. The van der Waals surface area contributed by atoms with Crippen LogP contribution in [-0.2, 0) is 6.42 Å². The molecule has 0 atom stereocenters. The van der Waals surface area contributed by atoms with E-state index in [-0.39, 0.29) is 29.5 Å². The highest BCUT2D eigenvalue weighted by Gasteiger charge is 2.19. The number of halogens is 2. The number of benzene rings is 1. The van der Waals surface area contributed by atoms with E-state index < -0.39 is 0 Å². The van der Waals surface area contributed by atoms with Crippen molar-refractivity contribution in [2.45, 2.75) is 32.7 Å². The first-order valence-electron chi connectivity index (χ1n) is 7.79. The number of nitrogens with zero attached hydrogens (tertiary/aromatic N) is 2. The Morgan fingerprint density at radius 1 is 1.26 bits per heavy atom. The van der Waals surface area contributed by atoms with Gasteiger partial charge in [-0.1, -0.05) is 23.7 Å². The minimum absolute atomic E-state index is 0. The molecule has 0 fully saturated rings. The Kier molecular flexibility index (Phi) is 10.8. The van der Waals surface area contributed by atoms with Crippen LogP contribution in [0.5, 0.6) is 0 Å². The number of nitrogens with one attached hydrogen (secondary N) is 2. The van der Waals surface area contributed by atoms with Crippen molar-refractivity contribution in [3.05, 3.63) is 34.9 Å². The molecule has 0 unspecified atom stereocenters. The normalized spacial score (nSPS) is 12.0. The highest BCUT2D eigenvalue weighted by Crippen LogP contribution is 2.11. The van der Waals surface area contributed by atoms with Crippen LogP contribution in [0.2, 0.25) is 5.02 Å². The standard InChI is InChI=1S/C17H29ClN4.HI/c1-6-19-16(21-13-17(2,3)22(4)5)20-11-10-14-8-7-9-15(18)12-14;/h7-9,12H,6,10-11,13H2,1-5H3,(H2,19,20,21);1H. The fourth-order valence-electron chi connectivity index (χ4n) is 1.77. The molecule has 0 aliphatic carbocycles. The van der Waals surface area contributed by atoms with Gasteiger partial charge in [0.1, 0.15) is 0 Å². The predicted octanol–water partition coefficient (Wildman–Crippen LogP) is 3.40. The molecule has 0 amide bonds. The van der Waals surface area contributed by atoms with Gasteiger partial charge in [0.2, 0.25) is 0 Å². The highest BCUT2D eigenvalue weighted by atomic mass is 127. The van der Waals surface area contributed by atoms with E-state index in [1.54, 1.807) is 0 Å². The van der Waals surface area contributed by atoms with Crippen molar-refractivity contribution >= 4 is 41.5 Å². The summed E-state index contributed by atoms with van der Waals surface area (Å²) >= 11 is 6.00. The van der Waals surface area contributed by atoms with Gasteiger partial charge in [-0.05, 0) is 59.0 Å². The molecule has 23 heavy (non-hydrogen) atoms. The molecule has 4 nitrogen and oxygen atoms in total. The number of hydrogen-bond acceptors (Lipinski definition) is 2. The van der Waals surface area contributed by atoms with Gasteiger partial charge in [0.15, 0.2) is 5.96 Å². The van der Waals surface area contributed by atoms with Crippen LogP contribution in [0.25, 0.3) is 0 Å². The summed E-state index contributed by atoms with van der Waals surface area (Å²) in [6.07, 6.45) is 0.919.